The summed E-state index contributed by atoms with van der Waals surface area (Å²) in [6, 6.07) is 8.96. The maximum Gasteiger partial charge on any atom is 0.338 e. The molecule has 0 saturated carbocycles. The second kappa shape index (κ2) is 13.3. The first-order valence-corrected chi connectivity index (χ1v) is 8.22. The van der Waals surface area contributed by atoms with Crippen LogP contribution in [0.4, 0.5) is 0 Å². The highest BCUT2D eigenvalue weighted by molar-refractivity contribution is 5.89. The Bertz CT molecular complexity index is 378. The van der Waals surface area contributed by atoms with Gasteiger partial charge in [-0.25, -0.2) is 4.79 Å². The van der Waals surface area contributed by atoms with E-state index in [9.17, 15) is 4.79 Å². The van der Waals surface area contributed by atoms with Crippen molar-refractivity contribution in [1.82, 2.24) is 0 Å². The van der Waals surface area contributed by atoms with Gasteiger partial charge in [-0.2, -0.15) is 0 Å². The van der Waals surface area contributed by atoms with Gasteiger partial charge in [-0.1, -0.05) is 50.8 Å². The molecule has 0 heterocycles. The molecule has 0 unspecified atom stereocenters. The molecule has 0 radical (unpaired) electrons. The van der Waals surface area contributed by atoms with Crippen molar-refractivity contribution in [2.45, 2.75) is 39.0 Å². The predicted octanol–water partition coefficient (Wildman–Crippen LogP) is 3.85. The Balaban J connectivity index is 1.85. The van der Waals surface area contributed by atoms with Crippen molar-refractivity contribution in [3.05, 3.63) is 35.9 Å². The average molecular weight is 308 g/mol. The van der Waals surface area contributed by atoms with Gasteiger partial charge in [-0.3, -0.25) is 0 Å². The SMILES string of the molecule is CCCCCCCOCCOCCOC(=O)c1ccccc1. The third-order valence-corrected chi connectivity index (χ3v) is 3.23. The molecule has 0 fully saturated rings. The molecule has 0 saturated heterocycles. The molecule has 0 aliphatic heterocycles. The van der Waals surface area contributed by atoms with Crippen LogP contribution in [0.5, 0.6) is 0 Å². The van der Waals surface area contributed by atoms with Gasteiger partial charge in [-0.15, -0.1) is 0 Å². The first kappa shape index (κ1) is 18.7. The number of carbonyl (C=O) groups is 1. The van der Waals surface area contributed by atoms with Crippen molar-refractivity contribution in [1.29, 1.82) is 0 Å². The van der Waals surface area contributed by atoms with Gasteiger partial charge in [0.2, 0.25) is 0 Å². The number of hydrogen-bond donors (Lipinski definition) is 0. The average Bonchev–Trinajstić information content (AvgIpc) is 2.56. The monoisotopic (exact) mass is 308 g/mol. The lowest BCUT2D eigenvalue weighted by Crippen LogP contribution is -2.13. The number of ether oxygens (including phenoxy) is 3. The van der Waals surface area contributed by atoms with Crippen molar-refractivity contribution in [2.75, 3.05) is 33.0 Å². The molecule has 22 heavy (non-hydrogen) atoms. The first-order chi connectivity index (χ1) is 10.8. The van der Waals surface area contributed by atoms with Crippen LogP contribution in [0.2, 0.25) is 0 Å². The molecule has 0 N–H and O–H groups in total. The zero-order valence-electron chi connectivity index (χ0n) is 13.6. The second-order valence-electron chi connectivity index (χ2n) is 5.14. The lowest BCUT2D eigenvalue weighted by Gasteiger charge is -2.07. The van der Waals surface area contributed by atoms with Crippen LogP contribution >= 0.6 is 0 Å². The topological polar surface area (TPSA) is 44.8 Å². The molecule has 0 aliphatic carbocycles. The maximum atomic E-state index is 11.6. The Morgan fingerprint density at radius 3 is 2.18 bits per heavy atom. The Kier molecular flexibility index (Phi) is 11.3. The molecule has 0 atom stereocenters. The van der Waals surface area contributed by atoms with Gasteiger partial charge in [0, 0.05) is 6.61 Å². The number of esters is 1. The molecule has 1 aromatic carbocycles. The van der Waals surface area contributed by atoms with E-state index in [4.69, 9.17) is 14.2 Å². The maximum absolute atomic E-state index is 11.6. The van der Waals surface area contributed by atoms with Gasteiger partial charge in [0.25, 0.3) is 0 Å². The highest BCUT2D eigenvalue weighted by Gasteiger charge is 2.04. The third-order valence-electron chi connectivity index (χ3n) is 3.23. The van der Waals surface area contributed by atoms with Crippen LogP contribution in [0, 0.1) is 0 Å². The van der Waals surface area contributed by atoms with Crippen LogP contribution in [-0.4, -0.2) is 39.0 Å². The number of hydrogen-bond acceptors (Lipinski definition) is 4. The molecule has 4 nitrogen and oxygen atoms in total. The van der Waals surface area contributed by atoms with Crippen LogP contribution in [0.25, 0.3) is 0 Å². The van der Waals surface area contributed by atoms with Crippen LogP contribution in [0.1, 0.15) is 49.4 Å². The predicted molar refractivity (Wildman–Crippen MR) is 87.1 cm³/mol. The minimum absolute atomic E-state index is 0.269. The largest absolute Gasteiger partial charge is 0.460 e. The second-order valence-corrected chi connectivity index (χ2v) is 5.14. The minimum Gasteiger partial charge on any atom is -0.460 e. The summed E-state index contributed by atoms with van der Waals surface area (Å²) in [5.41, 5.74) is 0.564. The van der Waals surface area contributed by atoms with Gasteiger partial charge < -0.3 is 14.2 Å². The molecule has 0 spiro atoms. The van der Waals surface area contributed by atoms with E-state index < -0.39 is 0 Å². The van der Waals surface area contributed by atoms with E-state index in [1.54, 1.807) is 12.1 Å². The van der Waals surface area contributed by atoms with E-state index in [2.05, 4.69) is 6.92 Å². The quantitative estimate of drug-likeness (QED) is 0.410. The molecule has 1 aromatic rings. The van der Waals surface area contributed by atoms with E-state index in [0.717, 1.165) is 13.0 Å². The summed E-state index contributed by atoms with van der Waals surface area (Å²) >= 11 is 0. The molecular weight excluding hydrogens is 280 g/mol. The summed E-state index contributed by atoms with van der Waals surface area (Å²) in [6.45, 7) is 4.82. The Morgan fingerprint density at radius 2 is 1.45 bits per heavy atom. The Labute approximate surface area is 133 Å². The fraction of sp³-hybridized carbons (Fsp3) is 0.611. The number of carbonyl (C=O) groups excluding carboxylic acids is 1. The summed E-state index contributed by atoms with van der Waals surface area (Å²) < 4.78 is 15.9. The van der Waals surface area contributed by atoms with Crippen LogP contribution < -0.4 is 0 Å². The molecular formula is C18H28O4. The summed E-state index contributed by atoms with van der Waals surface area (Å²) in [5, 5.41) is 0. The molecule has 0 aromatic heterocycles. The lowest BCUT2D eigenvalue weighted by molar-refractivity contribution is 0.0141. The number of unbranched alkanes of at least 4 members (excludes halogenated alkanes) is 4. The van der Waals surface area contributed by atoms with E-state index >= 15 is 0 Å². The molecule has 0 amide bonds. The van der Waals surface area contributed by atoms with Gasteiger partial charge in [0.05, 0.1) is 25.4 Å². The number of rotatable bonds is 13. The zero-order chi connectivity index (χ0) is 15.9. The van der Waals surface area contributed by atoms with Crippen molar-refractivity contribution >= 4 is 5.97 Å². The van der Waals surface area contributed by atoms with Crippen molar-refractivity contribution in [3.63, 3.8) is 0 Å². The fourth-order valence-electron chi connectivity index (χ4n) is 1.98. The summed E-state index contributed by atoms with van der Waals surface area (Å²) in [6.07, 6.45) is 6.23. The highest BCUT2D eigenvalue weighted by atomic mass is 16.6. The summed E-state index contributed by atoms with van der Waals surface area (Å²) in [5.74, 6) is -0.312. The van der Waals surface area contributed by atoms with Gasteiger partial charge >= 0.3 is 5.97 Å². The summed E-state index contributed by atoms with van der Waals surface area (Å²) in [4.78, 5) is 11.6. The fourth-order valence-corrected chi connectivity index (χ4v) is 1.98. The van der Waals surface area contributed by atoms with Crippen LogP contribution in [0.3, 0.4) is 0 Å². The van der Waals surface area contributed by atoms with Crippen molar-refractivity contribution in [2.24, 2.45) is 0 Å². The number of benzene rings is 1. The Morgan fingerprint density at radius 1 is 0.818 bits per heavy atom. The molecule has 0 aliphatic rings. The first-order valence-electron chi connectivity index (χ1n) is 8.22. The molecule has 0 bridgehead atoms. The zero-order valence-corrected chi connectivity index (χ0v) is 13.6. The van der Waals surface area contributed by atoms with Gasteiger partial charge in [0.15, 0.2) is 0 Å². The summed E-state index contributed by atoms with van der Waals surface area (Å²) in [7, 11) is 0. The van der Waals surface area contributed by atoms with E-state index in [1.165, 1.54) is 25.7 Å². The van der Waals surface area contributed by atoms with E-state index in [1.807, 2.05) is 18.2 Å². The Hall–Kier alpha value is -1.39. The smallest absolute Gasteiger partial charge is 0.338 e. The third kappa shape index (κ3) is 9.53. The minimum atomic E-state index is -0.312. The highest BCUT2D eigenvalue weighted by Crippen LogP contribution is 2.02. The van der Waals surface area contributed by atoms with Crippen LogP contribution in [0.15, 0.2) is 30.3 Å². The molecule has 4 heteroatoms. The van der Waals surface area contributed by atoms with E-state index in [-0.39, 0.29) is 12.6 Å². The van der Waals surface area contributed by atoms with E-state index in [0.29, 0.717) is 25.4 Å². The van der Waals surface area contributed by atoms with Crippen LogP contribution in [-0.2, 0) is 14.2 Å². The van der Waals surface area contributed by atoms with Crippen molar-refractivity contribution < 1.29 is 19.0 Å². The van der Waals surface area contributed by atoms with Gasteiger partial charge in [0.1, 0.15) is 6.61 Å². The molecule has 124 valence electrons. The van der Waals surface area contributed by atoms with Gasteiger partial charge in [-0.05, 0) is 18.6 Å². The lowest BCUT2D eigenvalue weighted by atomic mass is 10.2. The normalized spacial score (nSPS) is 10.6. The standard InChI is InChI=1S/C18H28O4/c1-2-3-4-5-9-12-20-13-14-21-15-16-22-18(19)17-10-7-6-8-11-17/h6-8,10-11H,2-5,9,12-16H2,1H3. The molecule has 1 rings (SSSR count). The van der Waals surface area contributed by atoms with Crippen molar-refractivity contribution in [3.8, 4) is 0 Å².